The van der Waals surface area contributed by atoms with Gasteiger partial charge in [0.2, 0.25) is 0 Å². The zero-order valence-corrected chi connectivity index (χ0v) is 8.56. The van der Waals surface area contributed by atoms with Crippen LogP contribution in [0.25, 0.3) is 0 Å². The Balaban J connectivity index is 2.22. The van der Waals surface area contributed by atoms with Gasteiger partial charge in [-0.15, -0.1) is 0 Å². The van der Waals surface area contributed by atoms with Crippen LogP contribution in [0.5, 0.6) is 0 Å². The van der Waals surface area contributed by atoms with Crippen molar-refractivity contribution in [1.29, 1.82) is 0 Å². The molecule has 1 aromatic carbocycles. The molecule has 0 aromatic heterocycles. The van der Waals surface area contributed by atoms with E-state index in [9.17, 15) is 0 Å². The number of hydrazone groups is 1. The number of benzene rings is 1. The van der Waals surface area contributed by atoms with Gasteiger partial charge in [-0.25, -0.2) is 0 Å². The van der Waals surface area contributed by atoms with Crippen molar-refractivity contribution in [3.8, 4) is 0 Å². The smallest absolute Gasteiger partial charge is 0.0723 e. The fraction of sp³-hybridized carbons (Fsp3) is 0.417. The Bertz CT molecular complexity index is 307. The first kappa shape index (κ1) is 9.25. The molecule has 2 unspecified atom stereocenters. The molecule has 0 spiro atoms. The van der Waals surface area contributed by atoms with Gasteiger partial charge >= 0.3 is 0 Å². The van der Waals surface area contributed by atoms with E-state index in [-0.39, 0.29) is 0 Å². The first-order valence-corrected chi connectivity index (χ1v) is 5.09. The predicted molar refractivity (Wildman–Crippen MR) is 59.2 cm³/mol. The fourth-order valence-electron chi connectivity index (χ4n) is 2.16. The summed E-state index contributed by atoms with van der Waals surface area (Å²) in [7, 11) is 0. The van der Waals surface area contributed by atoms with Gasteiger partial charge in [0, 0.05) is 13.3 Å². The van der Waals surface area contributed by atoms with Crippen molar-refractivity contribution in [3.05, 3.63) is 35.9 Å². The minimum absolute atomic E-state index is 0.434. The highest BCUT2D eigenvalue weighted by molar-refractivity contribution is 5.25. The summed E-state index contributed by atoms with van der Waals surface area (Å²) in [6.45, 7) is 6.92. The van der Waals surface area contributed by atoms with Crippen LogP contribution in [0.3, 0.4) is 0 Å². The second-order valence-corrected chi connectivity index (χ2v) is 4.03. The molecule has 0 saturated carbocycles. The Morgan fingerprint density at radius 1 is 1.36 bits per heavy atom. The van der Waals surface area contributed by atoms with Crippen molar-refractivity contribution >= 4 is 6.72 Å². The molecule has 2 nitrogen and oxygen atoms in total. The maximum absolute atomic E-state index is 4.08. The van der Waals surface area contributed by atoms with Gasteiger partial charge in [-0.1, -0.05) is 37.3 Å². The molecular formula is C12H16N2. The van der Waals surface area contributed by atoms with E-state index in [4.69, 9.17) is 0 Å². The van der Waals surface area contributed by atoms with Crippen LogP contribution in [-0.4, -0.2) is 18.3 Å². The molecule has 1 heterocycles. The number of nitrogens with zero attached hydrogens (tertiary/aromatic N) is 2. The van der Waals surface area contributed by atoms with E-state index in [1.807, 2.05) is 6.07 Å². The van der Waals surface area contributed by atoms with Crippen LogP contribution in [-0.2, 0) is 0 Å². The molecule has 1 aliphatic rings. The second kappa shape index (κ2) is 3.82. The average molecular weight is 188 g/mol. The highest BCUT2D eigenvalue weighted by atomic mass is 15.5. The minimum Gasteiger partial charge on any atom is -0.290 e. The maximum Gasteiger partial charge on any atom is 0.0723 e. The summed E-state index contributed by atoms with van der Waals surface area (Å²) in [6.07, 6.45) is 1.18. The van der Waals surface area contributed by atoms with Crippen molar-refractivity contribution in [2.75, 3.05) is 6.54 Å². The SMILES string of the molecule is C=NN1CC(C)CC1c1ccccc1. The van der Waals surface area contributed by atoms with Crippen molar-refractivity contribution in [3.63, 3.8) is 0 Å². The molecule has 2 atom stereocenters. The lowest BCUT2D eigenvalue weighted by molar-refractivity contribution is 0.270. The molecule has 0 bridgehead atoms. The van der Waals surface area contributed by atoms with Gasteiger partial charge in [-0.2, -0.15) is 5.10 Å². The Hall–Kier alpha value is -1.31. The normalized spacial score (nSPS) is 26.5. The average Bonchev–Trinajstić information content (AvgIpc) is 2.61. The third-order valence-corrected chi connectivity index (χ3v) is 2.85. The minimum atomic E-state index is 0.434. The first-order valence-electron chi connectivity index (χ1n) is 5.09. The molecule has 14 heavy (non-hydrogen) atoms. The van der Waals surface area contributed by atoms with Crippen LogP contribution >= 0.6 is 0 Å². The zero-order valence-electron chi connectivity index (χ0n) is 8.56. The van der Waals surface area contributed by atoms with Gasteiger partial charge < -0.3 is 0 Å². The third kappa shape index (κ3) is 1.65. The highest BCUT2D eigenvalue weighted by Gasteiger charge is 2.29. The molecule has 74 valence electrons. The summed E-state index contributed by atoms with van der Waals surface area (Å²) in [6, 6.07) is 11.0. The Kier molecular flexibility index (Phi) is 2.53. The highest BCUT2D eigenvalue weighted by Crippen LogP contribution is 2.34. The van der Waals surface area contributed by atoms with Crippen LogP contribution in [0.15, 0.2) is 35.4 Å². The van der Waals surface area contributed by atoms with Crippen LogP contribution in [0, 0.1) is 5.92 Å². The number of hydrogen-bond donors (Lipinski definition) is 0. The van der Waals surface area contributed by atoms with Gasteiger partial charge in [0.15, 0.2) is 0 Å². The van der Waals surface area contributed by atoms with Crippen molar-refractivity contribution in [2.24, 2.45) is 11.0 Å². The standard InChI is InChI=1S/C12H16N2/c1-10-8-12(14(9-10)13-2)11-6-4-3-5-7-11/h3-7,10,12H,2,8-9H2,1H3. The molecule has 2 rings (SSSR count). The summed E-state index contributed by atoms with van der Waals surface area (Å²) in [5.41, 5.74) is 1.35. The van der Waals surface area contributed by atoms with Gasteiger partial charge in [0.25, 0.3) is 0 Å². The van der Waals surface area contributed by atoms with Crippen LogP contribution in [0.4, 0.5) is 0 Å². The molecule has 1 saturated heterocycles. The van der Waals surface area contributed by atoms with E-state index in [1.165, 1.54) is 12.0 Å². The Labute approximate surface area is 85.2 Å². The van der Waals surface area contributed by atoms with E-state index in [1.54, 1.807) is 0 Å². The predicted octanol–water partition coefficient (Wildman–Crippen LogP) is 2.69. The lowest BCUT2D eigenvalue weighted by Gasteiger charge is -2.20. The Morgan fingerprint density at radius 3 is 2.71 bits per heavy atom. The molecule has 0 amide bonds. The summed E-state index contributed by atoms with van der Waals surface area (Å²) in [5.74, 6) is 0.714. The summed E-state index contributed by atoms with van der Waals surface area (Å²) >= 11 is 0. The van der Waals surface area contributed by atoms with E-state index in [2.05, 4.69) is 48.0 Å². The molecule has 0 radical (unpaired) electrons. The van der Waals surface area contributed by atoms with Crippen LogP contribution in [0.2, 0.25) is 0 Å². The quantitative estimate of drug-likeness (QED) is 0.651. The van der Waals surface area contributed by atoms with Crippen LogP contribution in [0.1, 0.15) is 24.9 Å². The first-order chi connectivity index (χ1) is 6.81. The fourth-order valence-corrected chi connectivity index (χ4v) is 2.16. The van der Waals surface area contributed by atoms with Gasteiger partial charge in [-0.3, -0.25) is 5.01 Å². The molecule has 2 heteroatoms. The van der Waals surface area contributed by atoms with Crippen molar-refractivity contribution in [1.82, 2.24) is 5.01 Å². The number of hydrogen-bond acceptors (Lipinski definition) is 2. The van der Waals surface area contributed by atoms with Crippen molar-refractivity contribution < 1.29 is 0 Å². The lowest BCUT2D eigenvalue weighted by Crippen LogP contribution is -2.16. The third-order valence-electron chi connectivity index (χ3n) is 2.85. The summed E-state index contributed by atoms with van der Waals surface area (Å²) < 4.78 is 0. The van der Waals surface area contributed by atoms with Gasteiger partial charge in [0.05, 0.1) is 6.04 Å². The largest absolute Gasteiger partial charge is 0.290 e. The van der Waals surface area contributed by atoms with Crippen LogP contribution < -0.4 is 0 Å². The Morgan fingerprint density at radius 2 is 2.07 bits per heavy atom. The maximum atomic E-state index is 4.08. The van der Waals surface area contributed by atoms with Gasteiger partial charge in [0.1, 0.15) is 0 Å². The number of rotatable bonds is 2. The molecule has 1 fully saturated rings. The van der Waals surface area contributed by atoms with E-state index in [0.717, 1.165) is 6.54 Å². The lowest BCUT2D eigenvalue weighted by atomic mass is 10.0. The molecule has 0 N–H and O–H groups in total. The van der Waals surface area contributed by atoms with Crippen molar-refractivity contribution in [2.45, 2.75) is 19.4 Å². The van der Waals surface area contributed by atoms with E-state index < -0.39 is 0 Å². The summed E-state index contributed by atoms with van der Waals surface area (Å²) in [5, 5.41) is 6.18. The molecule has 1 aromatic rings. The van der Waals surface area contributed by atoms with E-state index >= 15 is 0 Å². The topological polar surface area (TPSA) is 15.6 Å². The summed E-state index contributed by atoms with van der Waals surface area (Å²) in [4.78, 5) is 0. The monoisotopic (exact) mass is 188 g/mol. The second-order valence-electron chi connectivity index (χ2n) is 4.03. The van der Waals surface area contributed by atoms with E-state index in [0.29, 0.717) is 12.0 Å². The van der Waals surface area contributed by atoms with Gasteiger partial charge in [-0.05, 0) is 17.9 Å². The molecule has 1 aliphatic heterocycles. The molecular weight excluding hydrogens is 172 g/mol. The zero-order chi connectivity index (χ0) is 9.97. The molecule has 0 aliphatic carbocycles.